The van der Waals surface area contributed by atoms with Gasteiger partial charge in [-0.15, -0.1) is 11.3 Å². The first-order valence-corrected chi connectivity index (χ1v) is 22.6. The second kappa shape index (κ2) is 16.4. The van der Waals surface area contributed by atoms with Crippen molar-refractivity contribution in [1.29, 1.82) is 0 Å². The summed E-state index contributed by atoms with van der Waals surface area (Å²) >= 11 is 1.55. The lowest BCUT2D eigenvalue weighted by Gasteiger charge is -2.53. The minimum absolute atomic E-state index is 0.0765. The molecular weight excluding hydrogens is 836 g/mol. The van der Waals surface area contributed by atoms with Gasteiger partial charge in [0.05, 0.1) is 32.0 Å². The van der Waals surface area contributed by atoms with E-state index in [-0.39, 0.29) is 24.1 Å². The molecule has 4 N–H and O–H groups in total. The highest BCUT2D eigenvalue weighted by atomic mass is 32.1. The first-order chi connectivity index (χ1) is 29.9. The number of piperidine rings is 2. The van der Waals surface area contributed by atoms with Crippen molar-refractivity contribution in [1.82, 2.24) is 25.1 Å². The lowest BCUT2D eigenvalue weighted by atomic mass is 9.57. The van der Waals surface area contributed by atoms with Crippen LogP contribution in [-0.4, -0.2) is 86.6 Å². The fourth-order valence-electron chi connectivity index (χ4n) is 10.5. The molecule has 9 rings (SSSR count). The van der Waals surface area contributed by atoms with Crippen LogP contribution in [0.4, 0.5) is 24.5 Å². The minimum Gasteiger partial charge on any atom is -0.386 e. The topological polar surface area (TPSA) is 174 Å². The number of carbonyl (C=O) groups is 5. The number of nitrogens with zero attached hydrogens (tertiary/aromatic N) is 4. The van der Waals surface area contributed by atoms with Gasteiger partial charge >= 0.3 is 6.18 Å². The van der Waals surface area contributed by atoms with Crippen molar-refractivity contribution in [3.05, 3.63) is 81.6 Å². The molecule has 0 bridgehead atoms. The first-order valence-electron chi connectivity index (χ1n) is 21.8. The smallest absolute Gasteiger partial charge is 0.386 e. The predicted octanol–water partition coefficient (Wildman–Crippen LogP) is 7.47. The number of thiazole rings is 1. The highest BCUT2D eigenvalue weighted by Gasteiger charge is 2.48. The number of benzene rings is 2. The Balaban J connectivity index is 0.748. The quantitative estimate of drug-likeness (QED) is 0.117. The Kier molecular flexibility index (Phi) is 11.2. The van der Waals surface area contributed by atoms with E-state index in [9.17, 15) is 42.3 Å². The third kappa shape index (κ3) is 8.58. The van der Waals surface area contributed by atoms with Crippen LogP contribution in [0.1, 0.15) is 131 Å². The summed E-state index contributed by atoms with van der Waals surface area (Å²) in [7, 11) is 0. The summed E-state index contributed by atoms with van der Waals surface area (Å²) in [6, 6.07) is 10.8. The lowest BCUT2D eigenvalue weighted by Crippen LogP contribution is -2.54. The molecule has 2 aromatic heterocycles. The van der Waals surface area contributed by atoms with E-state index in [1.54, 1.807) is 55.5 Å². The fraction of sp³-hybridized carbons (Fsp3) is 0.500. The highest BCUT2D eigenvalue weighted by molar-refractivity contribution is 7.18. The summed E-state index contributed by atoms with van der Waals surface area (Å²) in [4.78, 5) is 76.1. The number of aliphatic hydroxyl groups is 1. The number of carbonyl (C=O) groups excluding carboxylic acids is 5. The zero-order valence-electron chi connectivity index (χ0n) is 35.1. The first kappa shape index (κ1) is 43.0. The van der Waals surface area contributed by atoms with Gasteiger partial charge in [0, 0.05) is 42.4 Å². The van der Waals surface area contributed by atoms with E-state index in [1.165, 1.54) is 6.07 Å². The predicted molar refractivity (Wildman–Crippen MR) is 229 cm³/mol. The van der Waals surface area contributed by atoms with Crippen molar-refractivity contribution >= 4 is 62.5 Å². The van der Waals surface area contributed by atoms with Crippen molar-refractivity contribution in [3.8, 4) is 0 Å². The SMILES string of the molecule is CC(C)(O)c1cc2nc([C@H]3CC[C@H](CN4CCC5(CC4)CC(CNc4cccc6c4C(=O)N(C4CCC(=O)NC4=O)C6=O)C5)CC3)sc2cc1NC(=O)c1cccc(C(F)(F)F)n1. The molecule has 17 heteroatoms. The van der Waals surface area contributed by atoms with Gasteiger partial charge in [-0.05, 0) is 138 Å². The van der Waals surface area contributed by atoms with Crippen LogP contribution in [0.5, 0.6) is 0 Å². The zero-order valence-corrected chi connectivity index (χ0v) is 36.0. The number of alkyl halides is 3. The van der Waals surface area contributed by atoms with Gasteiger partial charge in [0.25, 0.3) is 17.7 Å². The number of rotatable bonds is 10. The summed E-state index contributed by atoms with van der Waals surface area (Å²) in [5.41, 5.74) is -0.000671. The number of halogens is 3. The summed E-state index contributed by atoms with van der Waals surface area (Å²) in [5.74, 6) is -1.49. The van der Waals surface area contributed by atoms with E-state index in [1.807, 2.05) is 0 Å². The van der Waals surface area contributed by atoms with Gasteiger partial charge in [0.2, 0.25) is 11.8 Å². The number of hydrogen-bond donors (Lipinski definition) is 4. The summed E-state index contributed by atoms with van der Waals surface area (Å²) in [6.45, 7) is 7.08. The Morgan fingerprint density at radius 1 is 0.921 bits per heavy atom. The van der Waals surface area contributed by atoms with E-state index in [0.29, 0.717) is 57.7 Å². The van der Waals surface area contributed by atoms with Crippen LogP contribution in [-0.2, 0) is 21.4 Å². The molecular formula is C46H50F3N7O6S. The minimum atomic E-state index is -4.69. The van der Waals surface area contributed by atoms with Crippen molar-refractivity contribution < 1.29 is 42.3 Å². The Morgan fingerprint density at radius 3 is 2.35 bits per heavy atom. The lowest BCUT2D eigenvalue weighted by molar-refractivity contribution is -0.141. The van der Waals surface area contributed by atoms with E-state index in [2.05, 4.69) is 25.8 Å². The third-order valence-electron chi connectivity index (χ3n) is 13.8. The maximum Gasteiger partial charge on any atom is 0.433 e. The van der Waals surface area contributed by atoms with Gasteiger partial charge < -0.3 is 20.6 Å². The van der Waals surface area contributed by atoms with Crippen LogP contribution in [0.2, 0.25) is 0 Å². The molecule has 4 fully saturated rings. The fourth-order valence-corrected chi connectivity index (χ4v) is 11.6. The number of pyridine rings is 1. The van der Waals surface area contributed by atoms with E-state index in [0.717, 1.165) is 97.7 Å². The Bertz CT molecular complexity index is 2500. The standard InChI is InChI=1S/C46H50F3N7O6S/c1-44(2,62)29-19-33-35(20-32(29)52-39(58)31-7-4-8-36(51-31)46(47,48)49)63-41(53-33)27-11-9-25(10-12-27)24-55-17-15-45(16-18-55)21-26(22-45)23-50-30-6-3-5-28-38(30)43(61)56(42(28)60)34-13-14-37(57)54-40(34)59/h3-8,19-20,25-27,34,50,62H,9-18,21-24H2,1-2H3,(H,52,58)(H,54,57,59)/t25-,27-,34?. The molecule has 332 valence electrons. The van der Waals surface area contributed by atoms with Crippen molar-refractivity contribution in [2.75, 3.05) is 36.8 Å². The van der Waals surface area contributed by atoms with E-state index in [4.69, 9.17) is 4.98 Å². The van der Waals surface area contributed by atoms with Gasteiger partial charge in [-0.2, -0.15) is 13.2 Å². The van der Waals surface area contributed by atoms with Crippen LogP contribution in [0.25, 0.3) is 10.2 Å². The maximum absolute atomic E-state index is 13.5. The largest absolute Gasteiger partial charge is 0.433 e. The third-order valence-corrected chi connectivity index (χ3v) is 15.0. The average Bonchev–Trinajstić information content (AvgIpc) is 3.76. The molecule has 2 saturated carbocycles. The molecule has 1 atom stereocenters. The van der Waals surface area contributed by atoms with E-state index >= 15 is 0 Å². The van der Waals surface area contributed by atoms with Gasteiger partial charge in [-0.25, -0.2) is 9.97 Å². The number of hydrogen-bond acceptors (Lipinski definition) is 11. The van der Waals surface area contributed by atoms with Gasteiger partial charge in [0.15, 0.2) is 0 Å². The van der Waals surface area contributed by atoms with Gasteiger partial charge in [-0.3, -0.25) is 34.2 Å². The molecule has 5 aliphatic rings. The molecule has 2 saturated heterocycles. The molecule has 0 radical (unpaired) electrons. The van der Waals surface area contributed by atoms with Gasteiger partial charge in [0.1, 0.15) is 17.4 Å². The molecule has 63 heavy (non-hydrogen) atoms. The number of nitrogens with one attached hydrogen (secondary N) is 3. The zero-order chi connectivity index (χ0) is 44.4. The van der Waals surface area contributed by atoms with Crippen LogP contribution in [0.15, 0.2) is 48.5 Å². The normalized spacial score (nSPS) is 23.2. The number of aromatic nitrogens is 2. The highest BCUT2D eigenvalue weighted by Crippen LogP contribution is 2.53. The molecule has 1 unspecified atom stereocenters. The van der Waals surface area contributed by atoms with Crippen molar-refractivity contribution in [2.45, 2.75) is 102 Å². The maximum atomic E-state index is 13.5. The molecule has 2 aliphatic carbocycles. The second-order valence-electron chi connectivity index (χ2n) is 18.7. The molecule has 1 spiro atoms. The van der Waals surface area contributed by atoms with Crippen molar-refractivity contribution in [3.63, 3.8) is 0 Å². The molecule has 13 nitrogen and oxygen atoms in total. The number of likely N-dealkylation sites (tertiary alicyclic amines) is 1. The Labute approximate surface area is 366 Å². The van der Waals surface area contributed by atoms with Crippen LogP contribution in [0.3, 0.4) is 0 Å². The summed E-state index contributed by atoms with van der Waals surface area (Å²) in [5, 5.41) is 20.4. The number of amides is 5. The number of anilines is 2. The summed E-state index contributed by atoms with van der Waals surface area (Å²) < 4.78 is 40.6. The average molecular weight is 886 g/mol. The molecule has 4 aromatic rings. The van der Waals surface area contributed by atoms with Gasteiger partial charge in [-0.1, -0.05) is 12.1 Å². The molecule has 3 aliphatic heterocycles. The van der Waals surface area contributed by atoms with Crippen LogP contribution >= 0.6 is 11.3 Å². The monoisotopic (exact) mass is 885 g/mol. The van der Waals surface area contributed by atoms with Crippen LogP contribution in [0, 0.1) is 17.3 Å². The molecule has 5 heterocycles. The molecule has 5 amide bonds. The molecule has 2 aromatic carbocycles. The number of fused-ring (bicyclic) bond motifs is 2. The second-order valence-corrected chi connectivity index (χ2v) is 19.7. The Hall–Kier alpha value is -5.26. The van der Waals surface area contributed by atoms with Crippen molar-refractivity contribution in [2.24, 2.45) is 17.3 Å². The van der Waals surface area contributed by atoms with E-state index < -0.39 is 53.0 Å². The summed E-state index contributed by atoms with van der Waals surface area (Å²) in [6.07, 6.45) is 4.27. The van der Waals surface area contributed by atoms with Crippen LogP contribution < -0.4 is 16.0 Å². The number of imide groups is 2. The Morgan fingerprint density at radius 2 is 1.65 bits per heavy atom.